The molecule has 0 unspecified atom stereocenters. The zero-order valence-corrected chi connectivity index (χ0v) is 25.4. The molecule has 0 fully saturated rings. The van der Waals surface area contributed by atoms with Crippen LogP contribution in [0.2, 0.25) is 12.6 Å². The van der Waals surface area contributed by atoms with E-state index in [2.05, 4.69) is 135 Å². The average Bonchev–Trinajstić information content (AvgIpc) is 3.14. The van der Waals surface area contributed by atoms with Gasteiger partial charge in [-0.2, -0.15) is 0 Å². The lowest BCUT2D eigenvalue weighted by Gasteiger charge is -2.30. The van der Waals surface area contributed by atoms with Crippen molar-refractivity contribution in [2.24, 2.45) is 0 Å². The van der Waals surface area contributed by atoms with E-state index in [4.69, 9.17) is 0 Å². The van der Waals surface area contributed by atoms with E-state index >= 15 is 0 Å². The number of hydrogen-bond donors (Lipinski definition) is 0. The molecule has 2 aromatic rings. The van der Waals surface area contributed by atoms with Crippen LogP contribution < -0.4 is 0 Å². The quantitative estimate of drug-likeness (QED) is 0.320. The van der Waals surface area contributed by atoms with Gasteiger partial charge in [-0.1, -0.05) is 146 Å². The SMILES string of the molecule is C=C[Si]1(C=C)C(c2ccc(C(C)(C)C)cc2)=C(CC)C(B(CC)CC)=C1c1ccc(C(C)(C)C)cc1. The van der Waals surface area contributed by atoms with Crippen LogP contribution in [0, 0.1) is 0 Å². The van der Waals surface area contributed by atoms with E-state index in [9.17, 15) is 0 Å². The topological polar surface area (TPSA) is 0 Å². The predicted molar refractivity (Wildman–Crippen MR) is 167 cm³/mol. The van der Waals surface area contributed by atoms with Gasteiger partial charge in [-0.3, -0.25) is 0 Å². The molecule has 2 aromatic carbocycles. The Bertz CT molecular complexity index is 1150. The lowest BCUT2D eigenvalue weighted by Crippen LogP contribution is -2.33. The Morgan fingerprint density at radius 1 is 0.667 bits per heavy atom. The molecule has 0 radical (unpaired) electrons. The molecule has 1 heterocycles. The van der Waals surface area contributed by atoms with Crippen molar-refractivity contribution in [2.75, 3.05) is 0 Å². The summed E-state index contributed by atoms with van der Waals surface area (Å²) < 4.78 is 0. The normalized spacial score (nSPS) is 15.9. The first kappa shape index (κ1) is 28.3. The first-order chi connectivity index (χ1) is 16.9. The molecular weight excluding hydrogens is 447 g/mol. The molecule has 0 aromatic heterocycles. The van der Waals surface area contributed by atoms with Crippen LogP contribution in [0.1, 0.15) is 91.0 Å². The van der Waals surface area contributed by atoms with Gasteiger partial charge in [0.15, 0.2) is 14.8 Å². The molecule has 0 saturated carbocycles. The molecule has 0 nitrogen and oxygen atoms in total. The number of allylic oxidation sites excluding steroid dienone is 2. The molecule has 0 amide bonds. The highest BCUT2D eigenvalue weighted by Gasteiger charge is 2.47. The second-order valence-electron chi connectivity index (χ2n) is 12.4. The summed E-state index contributed by atoms with van der Waals surface area (Å²) in [5, 5.41) is 3.03. The van der Waals surface area contributed by atoms with Crippen LogP contribution in [0.5, 0.6) is 0 Å². The molecule has 0 N–H and O–H groups in total. The van der Waals surface area contributed by atoms with Gasteiger partial charge >= 0.3 is 0 Å². The second kappa shape index (κ2) is 10.6. The molecule has 3 rings (SSSR count). The summed E-state index contributed by atoms with van der Waals surface area (Å²) in [7, 11) is -2.40. The Morgan fingerprint density at radius 2 is 1.06 bits per heavy atom. The fraction of sp³-hybridized carbons (Fsp3) is 0.412. The summed E-state index contributed by atoms with van der Waals surface area (Å²) >= 11 is 0. The summed E-state index contributed by atoms with van der Waals surface area (Å²) in [4.78, 5) is 0. The van der Waals surface area contributed by atoms with Crippen LogP contribution in [0.15, 0.2) is 84.1 Å². The van der Waals surface area contributed by atoms with E-state index in [1.165, 1.54) is 38.2 Å². The van der Waals surface area contributed by atoms with E-state index in [1.54, 1.807) is 5.47 Å². The van der Waals surface area contributed by atoms with E-state index in [0.717, 1.165) is 19.1 Å². The minimum atomic E-state index is -2.40. The van der Waals surface area contributed by atoms with Gasteiger partial charge in [0.25, 0.3) is 0 Å². The molecule has 2 heteroatoms. The summed E-state index contributed by atoms with van der Waals surface area (Å²) in [5.41, 5.74) is 13.4. The van der Waals surface area contributed by atoms with Crippen molar-refractivity contribution >= 4 is 25.2 Å². The summed E-state index contributed by atoms with van der Waals surface area (Å²) in [5.74, 6) is 0. The molecule has 190 valence electrons. The van der Waals surface area contributed by atoms with E-state index in [-0.39, 0.29) is 10.8 Å². The molecule has 0 saturated heterocycles. The van der Waals surface area contributed by atoms with Crippen molar-refractivity contribution in [1.29, 1.82) is 0 Å². The molecule has 1 aliphatic heterocycles. The maximum atomic E-state index is 4.49. The van der Waals surface area contributed by atoms with Crippen molar-refractivity contribution in [3.8, 4) is 0 Å². The minimum absolute atomic E-state index is 0.138. The van der Waals surface area contributed by atoms with Crippen molar-refractivity contribution in [2.45, 2.75) is 92.2 Å². The molecular formula is C34H47BSi. The average molecular weight is 495 g/mol. The lowest BCUT2D eigenvalue weighted by molar-refractivity contribution is 0.590. The van der Waals surface area contributed by atoms with E-state index in [1.807, 2.05) is 0 Å². The van der Waals surface area contributed by atoms with Gasteiger partial charge in [0.1, 0.15) is 0 Å². The largest absolute Gasteiger partial charge is 0.175 e. The molecule has 0 aliphatic carbocycles. The minimum Gasteiger partial charge on any atom is -0.106 e. The van der Waals surface area contributed by atoms with Gasteiger partial charge in [0.2, 0.25) is 0 Å². The van der Waals surface area contributed by atoms with E-state index in [0.29, 0.717) is 6.71 Å². The first-order valence-electron chi connectivity index (χ1n) is 13.9. The first-order valence-corrected chi connectivity index (χ1v) is 16.0. The summed E-state index contributed by atoms with van der Waals surface area (Å²) in [6, 6.07) is 18.8. The Balaban J connectivity index is 2.35. The Morgan fingerprint density at radius 3 is 1.36 bits per heavy atom. The third-order valence-electron chi connectivity index (χ3n) is 8.19. The van der Waals surface area contributed by atoms with Crippen molar-refractivity contribution in [3.05, 3.63) is 106 Å². The molecule has 36 heavy (non-hydrogen) atoms. The monoisotopic (exact) mass is 494 g/mol. The van der Waals surface area contributed by atoms with Crippen molar-refractivity contribution in [3.63, 3.8) is 0 Å². The van der Waals surface area contributed by atoms with Crippen LogP contribution >= 0.6 is 0 Å². The lowest BCUT2D eigenvalue weighted by atomic mass is 9.39. The Kier molecular flexibility index (Phi) is 8.30. The van der Waals surface area contributed by atoms with Crippen LogP contribution in [-0.2, 0) is 10.8 Å². The number of benzene rings is 2. The van der Waals surface area contributed by atoms with Crippen LogP contribution in [0.25, 0.3) is 10.4 Å². The fourth-order valence-electron chi connectivity index (χ4n) is 5.97. The maximum absolute atomic E-state index is 4.49. The third kappa shape index (κ3) is 4.94. The Hall–Kier alpha value is -2.32. The standard InChI is InChI=1S/C34H47BSi/c1-12-29-30(35(13-2)14-3)32(26-19-23-28(24-20-26)34(9,10)11)36(15-4,16-5)31(29)25-17-21-27(22-18-25)33(6,7)8/h15-24H,4-5,12-14H2,1-3,6-11H3. The molecule has 1 aliphatic rings. The number of hydrogen-bond acceptors (Lipinski definition) is 0. The molecule has 0 bridgehead atoms. The maximum Gasteiger partial charge on any atom is 0.175 e. The van der Waals surface area contributed by atoms with Crippen LogP contribution in [0.4, 0.5) is 0 Å². The third-order valence-corrected chi connectivity index (χ3v) is 12.3. The van der Waals surface area contributed by atoms with Crippen molar-refractivity contribution in [1.82, 2.24) is 0 Å². The van der Waals surface area contributed by atoms with Gasteiger partial charge in [0, 0.05) is 0 Å². The highest BCUT2D eigenvalue weighted by atomic mass is 28.3. The second-order valence-corrected chi connectivity index (χ2v) is 16.0. The Labute approximate surface area is 223 Å². The summed E-state index contributed by atoms with van der Waals surface area (Å²) in [6.07, 6.45) is 3.32. The van der Waals surface area contributed by atoms with Gasteiger partial charge < -0.3 is 0 Å². The van der Waals surface area contributed by atoms with E-state index < -0.39 is 8.07 Å². The summed E-state index contributed by atoms with van der Waals surface area (Å²) in [6.45, 7) is 30.2. The highest BCUT2D eigenvalue weighted by Crippen LogP contribution is 2.52. The van der Waals surface area contributed by atoms with Gasteiger partial charge in [-0.15, -0.1) is 13.2 Å². The van der Waals surface area contributed by atoms with Crippen LogP contribution in [0.3, 0.4) is 0 Å². The van der Waals surface area contributed by atoms with Crippen LogP contribution in [-0.4, -0.2) is 14.8 Å². The predicted octanol–water partition coefficient (Wildman–Crippen LogP) is 9.96. The molecule has 0 spiro atoms. The highest BCUT2D eigenvalue weighted by molar-refractivity contribution is 7.19. The number of rotatable bonds is 8. The van der Waals surface area contributed by atoms with Crippen molar-refractivity contribution < 1.29 is 0 Å². The zero-order chi connectivity index (χ0) is 26.9. The van der Waals surface area contributed by atoms with Gasteiger partial charge in [-0.05, 0) is 49.9 Å². The fourth-order valence-corrected chi connectivity index (χ4v) is 10.1. The zero-order valence-electron chi connectivity index (χ0n) is 24.4. The smallest absolute Gasteiger partial charge is 0.106 e. The van der Waals surface area contributed by atoms with Gasteiger partial charge in [-0.25, -0.2) is 0 Å². The van der Waals surface area contributed by atoms with Gasteiger partial charge in [0.05, 0.1) is 0 Å². The molecule has 0 atom stereocenters.